The average Bonchev–Trinajstić information content (AvgIpc) is 2.75. The van der Waals surface area contributed by atoms with Crippen LogP contribution < -0.4 is 10.6 Å². The highest BCUT2D eigenvalue weighted by atomic mass is 16.5. The summed E-state index contributed by atoms with van der Waals surface area (Å²) < 4.78 is 5.22. The van der Waals surface area contributed by atoms with Crippen molar-refractivity contribution in [3.8, 4) is 6.07 Å². The van der Waals surface area contributed by atoms with E-state index in [4.69, 9.17) is 4.74 Å². The number of hydrogen-bond donors (Lipinski definition) is 2. The van der Waals surface area contributed by atoms with E-state index in [9.17, 15) is 14.9 Å². The second-order valence-electron chi connectivity index (χ2n) is 6.35. The Bertz CT molecular complexity index is 912. The monoisotopic (exact) mass is 391 g/mol. The van der Waals surface area contributed by atoms with Crippen LogP contribution in [0.4, 0.5) is 11.4 Å². The third kappa shape index (κ3) is 6.51. The molecule has 0 fully saturated rings. The van der Waals surface area contributed by atoms with Crippen LogP contribution in [0.5, 0.6) is 0 Å². The third-order valence-electron chi connectivity index (χ3n) is 4.24. The average molecular weight is 391 g/mol. The molecule has 150 valence electrons. The van der Waals surface area contributed by atoms with Crippen molar-refractivity contribution in [3.05, 3.63) is 71.4 Å². The van der Waals surface area contributed by atoms with E-state index in [0.29, 0.717) is 12.3 Å². The van der Waals surface area contributed by atoms with Gasteiger partial charge in [0.1, 0.15) is 11.6 Å². The Morgan fingerprint density at radius 3 is 2.48 bits per heavy atom. The van der Waals surface area contributed by atoms with Gasteiger partial charge in [-0.2, -0.15) is 5.26 Å². The lowest BCUT2D eigenvalue weighted by Crippen LogP contribution is -2.17. The molecular weight excluding hydrogens is 366 g/mol. The predicted octanol–water partition coefficient (Wildman–Crippen LogP) is 4.66. The second kappa shape index (κ2) is 11.3. The molecule has 6 heteroatoms. The van der Waals surface area contributed by atoms with Crippen LogP contribution in [0.15, 0.2) is 60.3 Å². The van der Waals surface area contributed by atoms with Gasteiger partial charge in [-0.3, -0.25) is 4.79 Å². The predicted molar refractivity (Wildman–Crippen MR) is 113 cm³/mol. The highest BCUT2D eigenvalue weighted by Crippen LogP contribution is 2.18. The number of rotatable bonds is 9. The topological polar surface area (TPSA) is 91.2 Å². The van der Waals surface area contributed by atoms with Crippen molar-refractivity contribution in [2.75, 3.05) is 17.2 Å². The van der Waals surface area contributed by atoms with E-state index in [-0.39, 0.29) is 11.1 Å². The molecule has 6 nitrogen and oxygen atoms in total. The zero-order valence-corrected chi connectivity index (χ0v) is 16.7. The minimum atomic E-state index is -0.612. The number of nitriles is 1. The first kappa shape index (κ1) is 21.7. The van der Waals surface area contributed by atoms with Gasteiger partial charge in [0.15, 0.2) is 0 Å². The molecule has 29 heavy (non-hydrogen) atoms. The summed E-state index contributed by atoms with van der Waals surface area (Å²) >= 11 is 0. The highest BCUT2D eigenvalue weighted by Gasteiger charge is 2.16. The fourth-order valence-corrected chi connectivity index (χ4v) is 2.49. The Hall–Kier alpha value is -3.59. The van der Waals surface area contributed by atoms with Gasteiger partial charge in [-0.05, 0) is 42.7 Å². The quantitative estimate of drug-likeness (QED) is 0.281. The minimum Gasteiger partial charge on any atom is -0.462 e. The van der Waals surface area contributed by atoms with Crippen LogP contribution in [0, 0.1) is 11.3 Å². The second-order valence-corrected chi connectivity index (χ2v) is 6.35. The number of nitrogens with one attached hydrogen (secondary N) is 2. The van der Waals surface area contributed by atoms with Gasteiger partial charge >= 0.3 is 5.97 Å². The summed E-state index contributed by atoms with van der Waals surface area (Å²) in [5, 5.41) is 14.9. The summed E-state index contributed by atoms with van der Waals surface area (Å²) in [4.78, 5) is 24.8. The van der Waals surface area contributed by atoms with E-state index < -0.39 is 11.9 Å². The maximum atomic E-state index is 12.5. The molecule has 0 aliphatic rings. The first-order chi connectivity index (χ1) is 14.1. The van der Waals surface area contributed by atoms with E-state index >= 15 is 0 Å². The SMILES string of the molecule is CCCCOC(=O)c1ccccc1NC(=O)/C(C#N)=C\Nc1ccc(CC)cc1. The van der Waals surface area contributed by atoms with Gasteiger partial charge in [-0.25, -0.2) is 4.79 Å². The van der Waals surface area contributed by atoms with E-state index in [1.807, 2.05) is 37.3 Å². The fourth-order valence-electron chi connectivity index (χ4n) is 2.49. The van der Waals surface area contributed by atoms with Crippen LogP contribution in [0.25, 0.3) is 0 Å². The molecule has 0 radical (unpaired) electrons. The molecular formula is C23H25N3O3. The van der Waals surface area contributed by atoms with Gasteiger partial charge in [0, 0.05) is 11.9 Å². The van der Waals surface area contributed by atoms with Gasteiger partial charge in [0.25, 0.3) is 5.91 Å². The lowest BCUT2D eigenvalue weighted by molar-refractivity contribution is -0.112. The van der Waals surface area contributed by atoms with Gasteiger partial charge < -0.3 is 15.4 Å². The van der Waals surface area contributed by atoms with Gasteiger partial charge in [0.05, 0.1) is 17.9 Å². The zero-order valence-electron chi connectivity index (χ0n) is 16.7. The molecule has 0 aliphatic heterocycles. The van der Waals surface area contributed by atoms with Crippen molar-refractivity contribution in [2.24, 2.45) is 0 Å². The largest absolute Gasteiger partial charge is 0.462 e. The number of esters is 1. The summed E-state index contributed by atoms with van der Waals surface area (Å²) in [7, 11) is 0. The van der Waals surface area contributed by atoms with Crippen LogP contribution in [-0.2, 0) is 16.0 Å². The van der Waals surface area contributed by atoms with Crippen molar-refractivity contribution >= 4 is 23.3 Å². The van der Waals surface area contributed by atoms with Crippen molar-refractivity contribution in [2.45, 2.75) is 33.1 Å². The Morgan fingerprint density at radius 1 is 1.10 bits per heavy atom. The Balaban J connectivity index is 2.09. The maximum absolute atomic E-state index is 12.5. The molecule has 1 amide bonds. The van der Waals surface area contributed by atoms with E-state index in [2.05, 4.69) is 17.6 Å². The zero-order chi connectivity index (χ0) is 21.1. The van der Waals surface area contributed by atoms with Crippen molar-refractivity contribution < 1.29 is 14.3 Å². The Morgan fingerprint density at radius 2 is 1.83 bits per heavy atom. The number of unbranched alkanes of at least 4 members (excludes halogenated alkanes) is 1. The molecule has 0 atom stereocenters. The molecule has 0 saturated heterocycles. The Labute approximate surface area is 171 Å². The normalized spacial score (nSPS) is 10.7. The molecule has 2 aromatic carbocycles. The summed E-state index contributed by atoms with van der Waals surface area (Å²) in [6, 6.07) is 16.1. The molecule has 0 heterocycles. The standard InChI is InChI=1S/C23H25N3O3/c1-3-5-14-29-23(28)20-8-6-7-9-21(20)26-22(27)18(15-24)16-25-19-12-10-17(4-2)11-13-19/h6-13,16,25H,3-5,14H2,1-2H3,(H,26,27)/b18-16-. The Kier molecular flexibility index (Phi) is 8.46. The maximum Gasteiger partial charge on any atom is 0.340 e. The van der Waals surface area contributed by atoms with Crippen LogP contribution >= 0.6 is 0 Å². The number of benzene rings is 2. The fraction of sp³-hybridized carbons (Fsp3) is 0.261. The molecule has 0 aromatic heterocycles. The van der Waals surface area contributed by atoms with Crippen LogP contribution in [0.1, 0.15) is 42.6 Å². The van der Waals surface area contributed by atoms with Gasteiger partial charge in [-0.15, -0.1) is 0 Å². The number of anilines is 2. The first-order valence-electron chi connectivity index (χ1n) is 9.62. The van der Waals surface area contributed by atoms with E-state index in [1.54, 1.807) is 24.3 Å². The summed E-state index contributed by atoms with van der Waals surface area (Å²) in [5.74, 6) is -1.12. The van der Waals surface area contributed by atoms with Crippen molar-refractivity contribution in [1.29, 1.82) is 5.26 Å². The molecule has 0 bridgehead atoms. The number of carbonyl (C=O) groups is 2. The number of hydrogen-bond acceptors (Lipinski definition) is 5. The molecule has 2 aromatic rings. The molecule has 0 aliphatic carbocycles. The van der Waals surface area contributed by atoms with Crippen LogP contribution in [0.2, 0.25) is 0 Å². The number of amides is 1. The van der Waals surface area contributed by atoms with Crippen molar-refractivity contribution in [1.82, 2.24) is 0 Å². The third-order valence-corrected chi connectivity index (χ3v) is 4.24. The van der Waals surface area contributed by atoms with E-state index in [1.165, 1.54) is 11.8 Å². The van der Waals surface area contributed by atoms with E-state index in [0.717, 1.165) is 24.9 Å². The van der Waals surface area contributed by atoms with Gasteiger partial charge in [0.2, 0.25) is 0 Å². The lowest BCUT2D eigenvalue weighted by atomic mass is 10.1. The number of aryl methyl sites for hydroxylation is 1. The molecule has 2 rings (SSSR count). The summed E-state index contributed by atoms with van der Waals surface area (Å²) in [6.07, 6.45) is 3.96. The van der Waals surface area contributed by atoms with Gasteiger partial charge in [-0.1, -0.05) is 44.5 Å². The lowest BCUT2D eigenvalue weighted by Gasteiger charge is -2.10. The van der Waals surface area contributed by atoms with Crippen LogP contribution in [0.3, 0.4) is 0 Å². The number of para-hydroxylation sites is 1. The molecule has 0 unspecified atom stereocenters. The first-order valence-corrected chi connectivity index (χ1v) is 9.62. The number of carbonyl (C=O) groups excluding carboxylic acids is 2. The molecule has 0 saturated carbocycles. The number of nitrogens with zero attached hydrogens (tertiary/aromatic N) is 1. The highest BCUT2D eigenvalue weighted by molar-refractivity contribution is 6.09. The molecule has 0 spiro atoms. The minimum absolute atomic E-state index is 0.112. The van der Waals surface area contributed by atoms with Crippen molar-refractivity contribution in [3.63, 3.8) is 0 Å². The van der Waals surface area contributed by atoms with Crippen LogP contribution in [-0.4, -0.2) is 18.5 Å². The summed E-state index contributed by atoms with van der Waals surface area (Å²) in [6.45, 7) is 4.39. The summed E-state index contributed by atoms with van der Waals surface area (Å²) in [5.41, 5.74) is 2.39. The number of ether oxygens (including phenoxy) is 1. The molecule has 2 N–H and O–H groups in total. The smallest absolute Gasteiger partial charge is 0.340 e.